The fourth-order valence-electron chi connectivity index (χ4n) is 3.39. The number of carbonyl (C=O) groups is 1. The van der Waals surface area contributed by atoms with Crippen molar-refractivity contribution in [3.63, 3.8) is 0 Å². The molecule has 0 atom stereocenters. The first-order valence-corrected chi connectivity index (χ1v) is 9.46. The third-order valence-electron chi connectivity index (χ3n) is 5.05. The Morgan fingerprint density at radius 2 is 1.66 bits per heavy atom. The fraction of sp³-hybridized carbons (Fsp3) is 0.318. The number of benzene rings is 2. The summed E-state index contributed by atoms with van der Waals surface area (Å²) in [7, 11) is 2.85. The zero-order valence-corrected chi connectivity index (χ0v) is 16.6. The zero-order chi connectivity index (χ0) is 20.8. The number of rotatable bonds is 6. The molecule has 1 N–H and O–H groups in total. The standard InChI is InChI=1S/C22H24F2N2O3/c1-28-20-6-3-16(13-18(20)23)5-8-22(27)26-11-9-25(10-12-26)15-17-4-7-21(29-2)19(24)14-17/h3-8,13-14H,9-12,15H2,1-2H3/p+1/b8-5+. The summed E-state index contributed by atoms with van der Waals surface area (Å²) >= 11 is 0. The first-order chi connectivity index (χ1) is 14.0. The summed E-state index contributed by atoms with van der Waals surface area (Å²) in [6.45, 7) is 3.50. The fourth-order valence-corrected chi connectivity index (χ4v) is 3.39. The molecule has 1 aliphatic heterocycles. The van der Waals surface area contributed by atoms with E-state index in [-0.39, 0.29) is 23.2 Å². The molecule has 7 heteroatoms. The molecule has 29 heavy (non-hydrogen) atoms. The molecule has 1 heterocycles. The van der Waals surface area contributed by atoms with Crippen molar-refractivity contribution in [2.24, 2.45) is 0 Å². The summed E-state index contributed by atoms with van der Waals surface area (Å²) < 4.78 is 37.4. The first kappa shape index (κ1) is 20.8. The third kappa shape index (κ3) is 5.32. The second-order valence-electron chi connectivity index (χ2n) is 6.95. The number of nitrogens with zero attached hydrogens (tertiary/aromatic N) is 1. The number of hydrogen-bond donors (Lipinski definition) is 1. The Balaban J connectivity index is 1.51. The lowest BCUT2D eigenvalue weighted by Gasteiger charge is -2.31. The number of ether oxygens (including phenoxy) is 2. The van der Waals surface area contributed by atoms with Crippen molar-refractivity contribution in [3.05, 3.63) is 65.2 Å². The van der Waals surface area contributed by atoms with Gasteiger partial charge in [-0.2, -0.15) is 0 Å². The van der Waals surface area contributed by atoms with Gasteiger partial charge in [0.15, 0.2) is 23.1 Å². The summed E-state index contributed by atoms with van der Waals surface area (Å²) in [5.74, 6) is -0.518. The predicted octanol–water partition coefficient (Wildman–Crippen LogP) is 1.92. The molecular weight excluding hydrogens is 378 g/mol. The normalized spacial score (nSPS) is 15.0. The highest BCUT2D eigenvalue weighted by molar-refractivity contribution is 5.91. The van der Waals surface area contributed by atoms with E-state index in [4.69, 9.17) is 9.47 Å². The third-order valence-corrected chi connectivity index (χ3v) is 5.05. The van der Waals surface area contributed by atoms with Gasteiger partial charge in [0.2, 0.25) is 5.91 Å². The highest BCUT2D eigenvalue weighted by atomic mass is 19.1. The first-order valence-electron chi connectivity index (χ1n) is 9.46. The highest BCUT2D eigenvalue weighted by Gasteiger charge is 2.22. The molecule has 1 fully saturated rings. The lowest BCUT2D eigenvalue weighted by atomic mass is 10.1. The van der Waals surface area contributed by atoms with Crippen LogP contribution in [0.4, 0.5) is 8.78 Å². The Labute approximate surface area is 169 Å². The van der Waals surface area contributed by atoms with Crippen molar-refractivity contribution in [3.8, 4) is 11.5 Å². The van der Waals surface area contributed by atoms with E-state index in [2.05, 4.69) is 0 Å². The number of hydrogen-bond acceptors (Lipinski definition) is 3. The van der Waals surface area contributed by atoms with Crippen molar-refractivity contribution in [2.75, 3.05) is 40.4 Å². The van der Waals surface area contributed by atoms with Crippen LogP contribution < -0.4 is 14.4 Å². The van der Waals surface area contributed by atoms with Crippen molar-refractivity contribution >= 4 is 12.0 Å². The quantitative estimate of drug-likeness (QED) is 0.750. The van der Waals surface area contributed by atoms with Gasteiger partial charge in [0.1, 0.15) is 6.54 Å². The Morgan fingerprint density at radius 3 is 2.24 bits per heavy atom. The Morgan fingerprint density at radius 1 is 1.03 bits per heavy atom. The van der Waals surface area contributed by atoms with Crippen LogP contribution in [0.5, 0.6) is 11.5 Å². The number of quaternary nitrogens is 1. The summed E-state index contributed by atoms with van der Waals surface area (Å²) in [5.41, 5.74) is 1.50. The van der Waals surface area contributed by atoms with Gasteiger partial charge in [-0.1, -0.05) is 6.07 Å². The number of methoxy groups -OCH3 is 2. The largest absolute Gasteiger partial charge is 0.494 e. The van der Waals surface area contributed by atoms with Gasteiger partial charge in [-0.25, -0.2) is 8.78 Å². The van der Waals surface area contributed by atoms with Crippen LogP contribution in [0.25, 0.3) is 6.08 Å². The topological polar surface area (TPSA) is 43.2 Å². The molecule has 2 aromatic carbocycles. The van der Waals surface area contributed by atoms with Gasteiger partial charge < -0.3 is 19.3 Å². The van der Waals surface area contributed by atoms with E-state index in [1.54, 1.807) is 23.1 Å². The highest BCUT2D eigenvalue weighted by Crippen LogP contribution is 2.19. The smallest absolute Gasteiger partial charge is 0.246 e. The lowest BCUT2D eigenvalue weighted by Crippen LogP contribution is -3.13. The maximum absolute atomic E-state index is 13.8. The predicted molar refractivity (Wildman–Crippen MR) is 106 cm³/mol. The van der Waals surface area contributed by atoms with Crippen LogP contribution in [0, 0.1) is 11.6 Å². The molecule has 0 saturated carbocycles. The van der Waals surface area contributed by atoms with Crippen LogP contribution in [0.1, 0.15) is 11.1 Å². The minimum atomic E-state index is -0.464. The van der Waals surface area contributed by atoms with Gasteiger partial charge in [-0.15, -0.1) is 0 Å². The zero-order valence-electron chi connectivity index (χ0n) is 16.6. The van der Waals surface area contributed by atoms with Gasteiger partial charge in [0.05, 0.1) is 40.4 Å². The number of piperazine rings is 1. The van der Waals surface area contributed by atoms with Crippen LogP contribution in [0.2, 0.25) is 0 Å². The summed E-state index contributed by atoms with van der Waals surface area (Å²) in [6, 6.07) is 9.56. The molecule has 5 nitrogen and oxygen atoms in total. The maximum Gasteiger partial charge on any atom is 0.246 e. The van der Waals surface area contributed by atoms with E-state index < -0.39 is 5.82 Å². The van der Waals surface area contributed by atoms with Crippen LogP contribution in [0.15, 0.2) is 42.5 Å². The second-order valence-corrected chi connectivity index (χ2v) is 6.95. The number of amides is 1. The van der Waals surface area contributed by atoms with E-state index in [0.717, 1.165) is 18.7 Å². The molecule has 154 valence electrons. The number of halogens is 2. The van der Waals surface area contributed by atoms with E-state index in [1.807, 2.05) is 6.07 Å². The van der Waals surface area contributed by atoms with Crippen LogP contribution >= 0.6 is 0 Å². The van der Waals surface area contributed by atoms with Crippen LogP contribution in [-0.2, 0) is 11.3 Å². The van der Waals surface area contributed by atoms with Gasteiger partial charge in [0, 0.05) is 11.6 Å². The Bertz CT molecular complexity index is 894. The van der Waals surface area contributed by atoms with Crippen LogP contribution in [-0.4, -0.2) is 51.2 Å². The molecule has 1 aliphatic rings. The maximum atomic E-state index is 13.8. The van der Waals surface area contributed by atoms with Gasteiger partial charge in [-0.3, -0.25) is 4.79 Å². The molecule has 1 amide bonds. The summed E-state index contributed by atoms with van der Waals surface area (Å²) in [6.07, 6.45) is 3.06. The molecule has 0 aliphatic carbocycles. The van der Waals surface area contributed by atoms with E-state index >= 15 is 0 Å². The average Bonchev–Trinajstić information content (AvgIpc) is 2.73. The molecular formula is C22H25F2N2O3+. The molecule has 3 rings (SSSR count). The van der Waals surface area contributed by atoms with E-state index in [0.29, 0.717) is 25.2 Å². The van der Waals surface area contributed by atoms with Crippen LogP contribution in [0.3, 0.4) is 0 Å². The van der Waals surface area contributed by atoms with E-state index in [9.17, 15) is 13.6 Å². The van der Waals surface area contributed by atoms with Crippen molar-refractivity contribution in [2.45, 2.75) is 6.54 Å². The average molecular weight is 403 g/mol. The molecule has 0 unspecified atom stereocenters. The Kier molecular flexibility index (Phi) is 6.82. The molecule has 0 aromatic heterocycles. The lowest BCUT2D eigenvalue weighted by molar-refractivity contribution is -0.917. The van der Waals surface area contributed by atoms with E-state index in [1.165, 1.54) is 43.4 Å². The minimum absolute atomic E-state index is 0.101. The summed E-state index contributed by atoms with van der Waals surface area (Å²) in [5, 5.41) is 0. The van der Waals surface area contributed by atoms with Gasteiger partial charge in [0.25, 0.3) is 0 Å². The number of carbonyl (C=O) groups excluding carboxylic acids is 1. The second kappa shape index (κ2) is 9.52. The SMILES string of the molecule is COc1ccc(/C=C/C(=O)N2CC[NH+](Cc3ccc(OC)c(F)c3)CC2)cc1F. The molecule has 2 aromatic rings. The van der Waals surface area contributed by atoms with Gasteiger partial charge in [-0.05, 0) is 42.0 Å². The minimum Gasteiger partial charge on any atom is -0.494 e. The molecule has 0 radical (unpaired) electrons. The molecule has 0 bridgehead atoms. The summed E-state index contributed by atoms with van der Waals surface area (Å²) in [4.78, 5) is 15.5. The number of nitrogens with one attached hydrogen (secondary N) is 1. The molecule has 0 spiro atoms. The monoisotopic (exact) mass is 403 g/mol. The van der Waals surface area contributed by atoms with Crippen molar-refractivity contribution in [1.29, 1.82) is 0 Å². The molecule has 1 saturated heterocycles. The Hall–Kier alpha value is -2.93. The van der Waals surface area contributed by atoms with Gasteiger partial charge >= 0.3 is 0 Å². The van der Waals surface area contributed by atoms with Crippen molar-refractivity contribution in [1.82, 2.24) is 4.90 Å². The van der Waals surface area contributed by atoms with Crippen molar-refractivity contribution < 1.29 is 27.9 Å².